The molecular formula is C15H19N. The molecule has 0 saturated carbocycles. The number of hydrogen-bond donors (Lipinski definition) is 0. The van der Waals surface area contributed by atoms with E-state index in [1.54, 1.807) is 6.08 Å². The molecule has 84 valence electrons. The van der Waals surface area contributed by atoms with Gasteiger partial charge in [0.1, 0.15) is 0 Å². The molecule has 0 atom stereocenters. The van der Waals surface area contributed by atoms with Crippen LogP contribution in [0.2, 0.25) is 0 Å². The van der Waals surface area contributed by atoms with Gasteiger partial charge in [-0.15, -0.1) is 0 Å². The van der Waals surface area contributed by atoms with Crippen LogP contribution in [0.4, 0.5) is 0 Å². The maximum atomic E-state index is 4.51. The number of aliphatic imine (C=N–C) groups is 1. The van der Waals surface area contributed by atoms with Crippen molar-refractivity contribution >= 4 is 5.71 Å². The van der Waals surface area contributed by atoms with Crippen LogP contribution in [0.15, 0.2) is 53.7 Å². The van der Waals surface area contributed by atoms with E-state index in [0.29, 0.717) is 0 Å². The van der Waals surface area contributed by atoms with E-state index in [-0.39, 0.29) is 0 Å². The van der Waals surface area contributed by atoms with Gasteiger partial charge in [-0.05, 0) is 38.0 Å². The molecule has 0 spiro atoms. The second-order valence-corrected chi connectivity index (χ2v) is 4.06. The lowest BCUT2D eigenvalue weighted by atomic mass is 10.0. The quantitative estimate of drug-likeness (QED) is 0.527. The first-order valence-corrected chi connectivity index (χ1v) is 5.51. The monoisotopic (exact) mass is 213 g/mol. The average Bonchev–Trinajstić information content (AvgIpc) is 2.21. The van der Waals surface area contributed by atoms with Crippen molar-refractivity contribution in [2.45, 2.75) is 27.2 Å². The molecule has 0 fully saturated rings. The molecule has 0 N–H and O–H groups in total. The summed E-state index contributed by atoms with van der Waals surface area (Å²) in [6.45, 7) is 9.87. The summed E-state index contributed by atoms with van der Waals surface area (Å²) >= 11 is 0. The zero-order valence-corrected chi connectivity index (χ0v) is 10.3. The molecule has 0 aliphatic rings. The molecule has 0 aliphatic heterocycles. The average molecular weight is 213 g/mol. The number of aryl methyl sites for hydroxylation is 1. The Kier molecular flexibility index (Phi) is 4.71. The van der Waals surface area contributed by atoms with Gasteiger partial charge < -0.3 is 0 Å². The highest BCUT2D eigenvalue weighted by Crippen LogP contribution is 2.14. The predicted octanol–water partition coefficient (Wildman–Crippen LogP) is 4.09. The van der Waals surface area contributed by atoms with Crippen molar-refractivity contribution < 1.29 is 0 Å². The molecule has 1 rings (SSSR count). The highest BCUT2D eigenvalue weighted by Gasteiger charge is 2.00. The third kappa shape index (κ3) is 3.85. The van der Waals surface area contributed by atoms with Crippen LogP contribution in [0.1, 0.15) is 25.0 Å². The maximum Gasteiger partial charge on any atom is 0.0446 e. The summed E-state index contributed by atoms with van der Waals surface area (Å²) in [5, 5.41) is 0. The summed E-state index contributed by atoms with van der Waals surface area (Å²) in [6.07, 6.45) is 4.63. The third-order valence-electron chi connectivity index (χ3n) is 2.31. The van der Waals surface area contributed by atoms with E-state index < -0.39 is 0 Å². The van der Waals surface area contributed by atoms with Crippen LogP contribution >= 0.6 is 0 Å². The zero-order valence-electron chi connectivity index (χ0n) is 10.3. The maximum absolute atomic E-state index is 4.51. The summed E-state index contributed by atoms with van der Waals surface area (Å²) in [4.78, 5) is 4.51. The summed E-state index contributed by atoms with van der Waals surface area (Å²) in [5.74, 6) is 0. The summed E-state index contributed by atoms with van der Waals surface area (Å²) in [7, 11) is 0. The Morgan fingerprint density at radius 2 is 2.00 bits per heavy atom. The lowest BCUT2D eigenvalue weighted by molar-refractivity contribution is 1.08. The van der Waals surface area contributed by atoms with E-state index in [1.165, 1.54) is 11.1 Å². The van der Waals surface area contributed by atoms with Crippen molar-refractivity contribution in [1.29, 1.82) is 0 Å². The van der Waals surface area contributed by atoms with E-state index >= 15 is 0 Å². The van der Waals surface area contributed by atoms with E-state index in [2.05, 4.69) is 42.8 Å². The van der Waals surface area contributed by atoms with Gasteiger partial charge in [-0.25, -0.2) is 0 Å². The molecule has 0 amide bonds. The molecule has 0 bridgehead atoms. The van der Waals surface area contributed by atoms with Gasteiger partial charge in [0.05, 0.1) is 0 Å². The Hall–Kier alpha value is -1.63. The first-order valence-electron chi connectivity index (χ1n) is 5.51. The minimum Gasteiger partial charge on any atom is -0.263 e. The van der Waals surface area contributed by atoms with E-state index in [0.717, 1.165) is 17.8 Å². The van der Waals surface area contributed by atoms with Gasteiger partial charge in [-0.2, -0.15) is 0 Å². The topological polar surface area (TPSA) is 12.4 Å². The van der Waals surface area contributed by atoms with Crippen LogP contribution in [0.5, 0.6) is 0 Å². The lowest BCUT2D eigenvalue weighted by Crippen LogP contribution is -1.93. The van der Waals surface area contributed by atoms with Gasteiger partial charge in [-0.3, -0.25) is 4.99 Å². The number of allylic oxidation sites excluding steroid dienone is 3. The standard InChI is InChI=1S/C15H19N/c1-5-8-15(16-12(2)3)11-14-10-7-6-9-13(14)4/h5-10H,1,11H2,2-4H3/b15-8-. The predicted molar refractivity (Wildman–Crippen MR) is 71.9 cm³/mol. The highest BCUT2D eigenvalue weighted by molar-refractivity contribution is 5.80. The van der Waals surface area contributed by atoms with Gasteiger partial charge in [0.15, 0.2) is 0 Å². The molecule has 0 heterocycles. The van der Waals surface area contributed by atoms with Crippen molar-refractivity contribution in [3.8, 4) is 0 Å². The Morgan fingerprint density at radius 3 is 2.56 bits per heavy atom. The van der Waals surface area contributed by atoms with Crippen molar-refractivity contribution in [2.75, 3.05) is 0 Å². The molecule has 0 aromatic heterocycles. The second kappa shape index (κ2) is 6.06. The number of rotatable bonds is 4. The number of nitrogens with zero attached hydrogens (tertiary/aromatic N) is 1. The van der Waals surface area contributed by atoms with Crippen molar-refractivity contribution in [3.05, 3.63) is 59.8 Å². The molecule has 1 aromatic carbocycles. The summed E-state index contributed by atoms with van der Waals surface area (Å²) in [6, 6.07) is 8.40. The summed E-state index contributed by atoms with van der Waals surface area (Å²) in [5.41, 5.74) is 4.76. The molecular weight excluding hydrogens is 194 g/mol. The highest BCUT2D eigenvalue weighted by atomic mass is 14.7. The van der Waals surface area contributed by atoms with Crippen LogP contribution in [0, 0.1) is 6.92 Å². The van der Waals surface area contributed by atoms with E-state index in [4.69, 9.17) is 0 Å². The minimum absolute atomic E-state index is 0.865. The molecule has 1 heteroatoms. The smallest absolute Gasteiger partial charge is 0.0446 e. The first kappa shape index (κ1) is 12.4. The zero-order chi connectivity index (χ0) is 12.0. The first-order chi connectivity index (χ1) is 7.63. The van der Waals surface area contributed by atoms with Gasteiger partial charge in [0.25, 0.3) is 0 Å². The molecule has 0 saturated heterocycles. The summed E-state index contributed by atoms with van der Waals surface area (Å²) < 4.78 is 0. The van der Waals surface area contributed by atoms with Gasteiger partial charge >= 0.3 is 0 Å². The Labute approximate surface area is 98.2 Å². The molecule has 1 nitrogen and oxygen atoms in total. The van der Waals surface area contributed by atoms with Gasteiger partial charge in [-0.1, -0.05) is 36.9 Å². The fourth-order valence-corrected chi connectivity index (χ4v) is 1.56. The molecule has 0 aliphatic carbocycles. The van der Waals surface area contributed by atoms with Crippen molar-refractivity contribution in [1.82, 2.24) is 0 Å². The number of hydrogen-bond acceptors (Lipinski definition) is 1. The van der Waals surface area contributed by atoms with Crippen LogP contribution in [-0.2, 0) is 6.42 Å². The SMILES string of the molecule is C=C/C=C(/Cc1ccccc1C)N=C(C)C. The second-order valence-electron chi connectivity index (χ2n) is 4.06. The Morgan fingerprint density at radius 1 is 1.31 bits per heavy atom. The van der Waals surface area contributed by atoms with Crippen molar-refractivity contribution in [2.24, 2.45) is 4.99 Å². The fraction of sp³-hybridized carbons (Fsp3) is 0.267. The molecule has 0 radical (unpaired) electrons. The normalized spacial score (nSPS) is 11.1. The van der Waals surface area contributed by atoms with Crippen LogP contribution in [0.25, 0.3) is 0 Å². The Bertz CT molecular complexity index is 421. The van der Waals surface area contributed by atoms with Crippen LogP contribution in [-0.4, -0.2) is 5.71 Å². The van der Waals surface area contributed by atoms with Gasteiger partial charge in [0, 0.05) is 17.8 Å². The van der Waals surface area contributed by atoms with Gasteiger partial charge in [0.2, 0.25) is 0 Å². The number of benzene rings is 1. The molecule has 1 aromatic rings. The molecule has 0 unspecified atom stereocenters. The third-order valence-corrected chi connectivity index (χ3v) is 2.31. The van der Waals surface area contributed by atoms with E-state index in [1.807, 2.05) is 19.9 Å². The largest absolute Gasteiger partial charge is 0.263 e. The Balaban J connectivity index is 2.93. The minimum atomic E-state index is 0.865. The van der Waals surface area contributed by atoms with Crippen molar-refractivity contribution in [3.63, 3.8) is 0 Å². The lowest BCUT2D eigenvalue weighted by Gasteiger charge is -2.06. The van der Waals surface area contributed by atoms with E-state index in [9.17, 15) is 0 Å². The molecule has 16 heavy (non-hydrogen) atoms. The van der Waals surface area contributed by atoms with Crippen LogP contribution < -0.4 is 0 Å². The fourth-order valence-electron chi connectivity index (χ4n) is 1.56. The van der Waals surface area contributed by atoms with Crippen LogP contribution in [0.3, 0.4) is 0 Å².